The zero-order valence-corrected chi connectivity index (χ0v) is 7.31. The van der Waals surface area contributed by atoms with Crippen molar-refractivity contribution >= 4 is 35.5 Å². The third-order valence-electron chi connectivity index (χ3n) is 1.09. The largest absolute Gasteiger partial charge is 0.463 e. The Morgan fingerprint density at radius 3 is 2.50 bits per heavy atom. The van der Waals surface area contributed by atoms with Gasteiger partial charge in [-0.2, -0.15) is 0 Å². The molecule has 8 heavy (non-hydrogen) atoms. The first-order valence-electron chi connectivity index (χ1n) is 2.48. The van der Waals surface area contributed by atoms with Crippen LogP contribution in [0.15, 0.2) is 0 Å². The van der Waals surface area contributed by atoms with Gasteiger partial charge in [0.25, 0.3) is 0 Å². The van der Waals surface area contributed by atoms with Crippen molar-refractivity contribution in [2.45, 2.75) is 25.9 Å². The van der Waals surface area contributed by atoms with E-state index in [2.05, 4.69) is 0 Å². The zero-order chi connectivity index (χ0) is 5.28. The van der Waals surface area contributed by atoms with Gasteiger partial charge >= 0.3 is 5.97 Å². The van der Waals surface area contributed by atoms with Crippen LogP contribution >= 0.6 is 0 Å². The van der Waals surface area contributed by atoms with E-state index in [1.54, 1.807) is 0 Å². The molecular formula is C5H8NaO2. The van der Waals surface area contributed by atoms with Crippen molar-refractivity contribution in [2.75, 3.05) is 0 Å². The van der Waals surface area contributed by atoms with E-state index in [1.165, 1.54) is 0 Å². The molecule has 0 bridgehead atoms. The smallest absolute Gasteiger partial charge is 0.306 e. The molecular weight excluding hydrogens is 115 g/mol. The van der Waals surface area contributed by atoms with Crippen molar-refractivity contribution in [3.05, 3.63) is 0 Å². The average molecular weight is 123 g/mol. The number of carbonyl (C=O) groups excluding carboxylic acids is 1. The molecule has 0 amide bonds. The van der Waals surface area contributed by atoms with E-state index in [0.29, 0.717) is 6.42 Å². The van der Waals surface area contributed by atoms with Crippen molar-refractivity contribution in [3.63, 3.8) is 0 Å². The molecule has 0 spiro atoms. The fraction of sp³-hybridized carbons (Fsp3) is 0.800. The monoisotopic (exact) mass is 123 g/mol. The van der Waals surface area contributed by atoms with Crippen LogP contribution in [0.4, 0.5) is 0 Å². The molecule has 0 aromatic carbocycles. The maximum absolute atomic E-state index is 10.2. The van der Waals surface area contributed by atoms with Crippen LogP contribution in [0.2, 0.25) is 0 Å². The second-order valence-corrected chi connectivity index (χ2v) is 1.84. The average Bonchev–Trinajstić information content (AvgIpc) is 1.87. The Kier molecular flexibility index (Phi) is 3.69. The molecule has 1 atom stereocenters. The Balaban J connectivity index is 0.000000490. The molecule has 41 valence electrons. The number of rotatable bonds is 0. The summed E-state index contributed by atoms with van der Waals surface area (Å²) in [6, 6.07) is 0. The number of hydrogen-bond acceptors (Lipinski definition) is 2. The third kappa shape index (κ3) is 2.16. The van der Waals surface area contributed by atoms with Crippen LogP contribution < -0.4 is 0 Å². The molecule has 1 unspecified atom stereocenters. The summed E-state index contributed by atoms with van der Waals surface area (Å²) in [5, 5.41) is 0. The van der Waals surface area contributed by atoms with E-state index in [4.69, 9.17) is 4.74 Å². The van der Waals surface area contributed by atoms with Crippen molar-refractivity contribution in [1.29, 1.82) is 0 Å². The molecule has 1 aliphatic heterocycles. The molecule has 1 rings (SSSR count). The summed E-state index contributed by atoms with van der Waals surface area (Å²) in [5.41, 5.74) is 0. The van der Waals surface area contributed by atoms with Gasteiger partial charge in [-0.25, -0.2) is 0 Å². The summed E-state index contributed by atoms with van der Waals surface area (Å²) >= 11 is 0. The van der Waals surface area contributed by atoms with E-state index in [1.807, 2.05) is 6.92 Å². The molecule has 0 aromatic heterocycles. The van der Waals surface area contributed by atoms with Gasteiger partial charge in [0.2, 0.25) is 0 Å². The van der Waals surface area contributed by atoms with Gasteiger partial charge in [0.15, 0.2) is 0 Å². The van der Waals surface area contributed by atoms with Crippen LogP contribution in [0.5, 0.6) is 0 Å². The molecule has 0 N–H and O–H groups in total. The Hall–Kier alpha value is 0.470. The topological polar surface area (TPSA) is 26.3 Å². The molecule has 1 fully saturated rings. The van der Waals surface area contributed by atoms with Crippen molar-refractivity contribution in [1.82, 2.24) is 0 Å². The van der Waals surface area contributed by atoms with Gasteiger partial charge in [-0.15, -0.1) is 0 Å². The maximum atomic E-state index is 10.2. The first kappa shape index (κ1) is 8.47. The van der Waals surface area contributed by atoms with Crippen LogP contribution in [0.25, 0.3) is 0 Å². The second-order valence-electron chi connectivity index (χ2n) is 1.84. The molecule has 3 heteroatoms. The zero-order valence-electron chi connectivity index (χ0n) is 5.31. The van der Waals surface area contributed by atoms with Gasteiger partial charge in [0.1, 0.15) is 0 Å². The van der Waals surface area contributed by atoms with E-state index >= 15 is 0 Å². The SMILES string of the molecule is CC1CCC(=O)O1.[Na]. The van der Waals surface area contributed by atoms with Gasteiger partial charge in [0.05, 0.1) is 6.10 Å². The number of hydrogen-bond donors (Lipinski definition) is 0. The molecule has 0 aliphatic carbocycles. The van der Waals surface area contributed by atoms with Gasteiger partial charge in [0, 0.05) is 36.0 Å². The Morgan fingerprint density at radius 1 is 1.75 bits per heavy atom. The van der Waals surface area contributed by atoms with Crippen LogP contribution in [-0.4, -0.2) is 41.6 Å². The minimum Gasteiger partial charge on any atom is -0.463 e. The number of cyclic esters (lactones) is 1. The van der Waals surface area contributed by atoms with Crippen LogP contribution in [0.3, 0.4) is 0 Å². The Morgan fingerprint density at radius 2 is 2.38 bits per heavy atom. The molecule has 1 aliphatic rings. The Labute approximate surface area is 70.9 Å². The van der Waals surface area contributed by atoms with Gasteiger partial charge in [-0.05, 0) is 13.3 Å². The van der Waals surface area contributed by atoms with Gasteiger partial charge in [-0.1, -0.05) is 0 Å². The van der Waals surface area contributed by atoms with Crippen LogP contribution in [0, 0.1) is 0 Å². The standard InChI is InChI=1S/C5H8O2.Na/c1-4-2-3-5(6)7-4;/h4H,2-3H2,1H3;. The van der Waals surface area contributed by atoms with E-state index < -0.39 is 0 Å². The summed E-state index contributed by atoms with van der Waals surface area (Å²) in [6.45, 7) is 1.91. The molecule has 0 saturated carbocycles. The maximum Gasteiger partial charge on any atom is 0.306 e. The third-order valence-corrected chi connectivity index (χ3v) is 1.09. The predicted molar refractivity (Wildman–Crippen MR) is 30.5 cm³/mol. The van der Waals surface area contributed by atoms with Gasteiger partial charge in [-0.3, -0.25) is 4.79 Å². The minimum atomic E-state index is -0.0486. The van der Waals surface area contributed by atoms with Crippen molar-refractivity contribution in [2.24, 2.45) is 0 Å². The molecule has 2 nitrogen and oxygen atoms in total. The molecule has 1 saturated heterocycles. The quantitative estimate of drug-likeness (QED) is 0.343. The van der Waals surface area contributed by atoms with Crippen LogP contribution in [-0.2, 0) is 9.53 Å². The Bertz CT molecular complexity index is 92.4. The number of carbonyl (C=O) groups is 1. The van der Waals surface area contributed by atoms with Crippen LogP contribution in [0.1, 0.15) is 19.8 Å². The van der Waals surface area contributed by atoms with Crippen molar-refractivity contribution < 1.29 is 9.53 Å². The normalized spacial score (nSPS) is 26.6. The first-order valence-corrected chi connectivity index (χ1v) is 2.48. The second kappa shape index (κ2) is 3.49. The predicted octanol–water partition coefficient (Wildman–Crippen LogP) is 0.331. The van der Waals surface area contributed by atoms with Crippen molar-refractivity contribution in [3.8, 4) is 0 Å². The summed E-state index contributed by atoms with van der Waals surface area (Å²) in [4.78, 5) is 10.2. The molecule has 1 heterocycles. The summed E-state index contributed by atoms with van der Waals surface area (Å²) in [6.07, 6.45) is 1.69. The molecule has 0 aromatic rings. The molecule has 1 radical (unpaired) electrons. The van der Waals surface area contributed by atoms with E-state index in [0.717, 1.165) is 6.42 Å². The number of esters is 1. The first-order chi connectivity index (χ1) is 3.29. The van der Waals surface area contributed by atoms with E-state index in [9.17, 15) is 4.79 Å². The minimum absolute atomic E-state index is 0. The fourth-order valence-corrected chi connectivity index (χ4v) is 0.663. The summed E-state index contributed by atoms with van der Waals surface area (Å²) in [7, 11) is 0. The summed E-state index contributed by atoms with van der Waals surface area (Å²) in [5.74, 6) is -0.0486. The van der Waals surface area contributed by atoms with Gasteiger partial charge < -0.3 is 4.74 Å². The van der Waals surface area contributed by atoms with E-state index in [-0.39, 0.29) is 41.6 Å². The number of ether oxygens (including phenoxy) is 1. The fourth-order valence-electron chi connectivity index (χ4n) is 0.663. The summed E-state index contributed by atoms with van der Waals surface area (Å²) < 4.78 is 4.72.